The summed E-state index contributed by atoms with van der Waals surface area (Å²) < 4.78 is 1.04. The molecule has 5 nitrogen and oxygen atoms in total. The van der Waals surface area contributed by atoms with Crippen molar-refractivity contribution < 1.29 is 14.7 Å². The fourth-order valence-corrected chi connectivity index (χ4v) is 2.80. The summed E-state index contributed by atoms with van der Waals surface area (Å²) in [4.78, 5) is 22.6. The average molecular weight is 374 g/mol. The predicted octanol–water partition coefficient (Wildman–Crippen LogP) is 2.67. The summed E-state index contributed by atoms with van der Waals surface area (Å²) in [5, 5.41) is 14.5. The molecule has 1 aromatic rings. The van der Waals surface area contributed by atoms with Crippen LogP contribution < -0.4 is 10.6 Å². The predicted molar refractivity (Wildman–Crippen MR) is 80.1 cm³/mol. The Bertz CT molecular complexity index is 493. The summed E-state index contributed by atoms with van der Waals surface area (Å²) in [6, 6.07) is 7.17. The van der Waals surface area contributed by atoms with Gasteiger partial charge in [-0.1, -0.05) is 6.07 Å². The first-order valence-electron chi connectivity index (χ1n) is 6.10. The molecular formula is C13H15IN2O3. The normalized spacial score (nSPS) is 21.9. The van der Waals surface area contributed by atoms with E-state index in [0.29, 0.717) is 12.8 Å². The molecule has 1 fully saturated rings. The lowest BCUT2D eigenvalue weighted by Gasteiger charge is -2.13. The minimum atomic E-state index is -0.776. The minimum Gasteiger partial charge on any atom is -0.481 e. The van der Waals surface area contributed by atoms with Gasteiger partial charge in [-0.2, -0.15) is 0 Å². The largest absolute Gasteiger partial charge is 0.481 e. The molecule has 1 saturated carbocycles. The SMILES string of the molecule is O=C(Nc1cccc(I)c1)N[C@H]1CC[C@@H](C(=O)O)C1. The molecule has 3 N–H and O–H groups in total. The molecule has 0 radical (unpaired) electrons. The Kier molecular flexibility index (Phi) is 4.62. The highest BCUT2D eigenvalue weighted by Gasteiger charge is 2.30. The van der Waals surface area contributed by atoms with Crippen LogP contribution in [-0.2, 0) is 4.79 Å². The Morgan fingerprint density at radius 1 is 1.32 bits per heavy atom. The Balaban J connectivity index is 1.84. The van der Waals surface area contributed by atoms with Gasteiger partial charge in [-0.05, 0) is 60.1 Å². The zero-order valence-electron chi connectivity index (χ0n) is 10.2. The van der Waals surface area contributed by atoms with Crippen LogP contribution in [0.1, 0.15) is 19.3 Å². The standard InChI is InChI=1S/C13H15IN2O3/c14-9-2-1-3-10(7-9)15-13(19)16-11-5-4-8(6-11)12(17)18/h1-3,7-8,11H,4-6H2,(H,17,18)(H2,15,16,19)/t8-,11+/m1/s1. The number of carbonyl (C=O) groups is 2. The van der Waals surface area contributed by atoms with Crippen LogP contribution in [0.5, 0.6) is 0 Å². The number of carboxylic acid groups (broad SMARTS) is 1. The zero-order valence-corrected chi connectivity index (χ0v) is 12.4. The van der Waals surface area contributed by atoms with Gasteiger partial charge in [0.25, 0.3) is 0 Å². The molecule has 0 spiro atoms. The van der Waals surface area contributed by atoms with Crippen molar-refractivity contribution in [2.24, 2.45) is 5.92 Å². The van der Waals surface area contributed by atoms with Crippen LogP contribution in [0, 0.1) is 9.49 Å². The number of halogens is 1. The summed E-state index contributed by atoms with van der Waals surface area (Å²) >= 11 is 2.18. The fraction of sp³-hybridized carbons (Fsp3) is 0.385. The van der Waals surface area contributed by atoms with E-state index in [4.69, 9.17) is 5.11 Å². The molecule has 1 aromatic carbocycles. The molecule has 0 unspecified atom stereocenters. The highest BCUT2D eigenvalue weighted by molar-refractivity contribution is 14.1. The van der Waals surface area contributed by atoms with Crippen LogP contribution in [0.15, 0.2) is 24.3 Å². The maximum absolute atomic E-state index is 11.8. The van der Waals surface area contributed by atoms with E-state index in [9.17, 15) is 9.59 Å². The van der Waals surface area contributed by atoms with Gasteiger partial charge >= 0.3 is 12.0 Å². The molecule has 102 valence electrons. The first-order valence-corrected chi connectivity index (χ1v) is 7.18. The van der Waals surface area contributed by atoms with Gasteiger partial charge in [-0.3, -0.25) is 4.79 Å². The van der Waals surface area contributed by atoms with Crippen molar-refractivity contribution in [3.8, 4) is 0 Å². The fourth-order valence-electron chi connectivity index (χ4n) is 2.26. The van der Waals surface area contributed by atoms with Crippen LogP contribution in [0.25, 0.3) is 0 Å². The highest BCUT2D eigenvalue weighted by Crippen LogP contribution is 2.25. The molecule has 2 atom stereocenters. The topological polar surface area (TPSA) is 78.4 Å². The number of carboxylic acids is 1. The molecule has 2 amide bonds. The van der Waals surface area contributed by atoms with Gasteiger partial charge in [-0.25, -0.2) is 4.79 Å². The molecule has 0 heterocycles. The Labute approximate surface area is 124 Å². The van der Waals surface area contributed by atoms with Gasteiger partial charge in [0.15, 0.2) is 0 Å². The number of hydrogen-bond acceptors (Lipinski definition) is 2. The number of carbonyl (C=O) groups excluding carboxylic acids is 1. The molecule has 2 rings (SSSR count). The molecule has 0 aliphatic heterocycles. The lowest BCUT2D eigenvalue weighted by atomic mass is 10.1. The van der Waals surface area contributed by atoms with Crippen molar-refractivity contribution in [2.45, 2.75) is 25.3 Å². The summed E-state index contributed by atoms with van der Waals surface area (Å²) in [7, 11) is 0. The molecule has 1 aliphatic rings. The Morgan fingerprint density at radius 2 is 2.11 bits per heavy atom. The second-order valence-corrected chi connectivity index (χ2v) is 5.90. The lowest BCUT2D eigenvalue weighted by Crippen LogP contribution is -2.36. The molecule has 0 bridgehead atoms. The van der Waals surface area contributed by atoms with Gasteiger partial charge in [-0.15, -0.1) is 0 Å². The van der Waals surface area contributed by atoms with Crippen molar-refractivity contribution in [1.82, 2.24) is 5.32 Å². The van der Waals surface area contributed by atoms with Gasteiger partial charge in [0.2, 0.25) is 0 Å². The van der Waals surface area contributed by atoms with Gasteiger partial charge < -0.3 is 15.7 Å². The first kappa shape index (κ1) is 14.1. The third kappa shape index (κ3) is 4.09. The van der Waals surface area contributed by atoms with Crippen LogP contribution in [0.4, 0.5) is 10.5 Å². The van der Waals surface area contributed by atoms with Gasteiger partial charge in [0.1, 0.15) is 0 Å². The number of rotatable bonds is 3. The lowest BCUT2D eigenvalue weighted by molar-refractivity contribution is -0.141. The number of anilines is 1. The molecule has 0 saturated heterocycles. The number of nitrogens with one attached hydrogen (secondary N) is 2. The quantitative estimate of drug-likeness (QED) is 0.712. The van der Waals surface area contributed by atoms with Crippen LogP contribution in [-0.4, -0.2) is 23.1 Å². The summed E-state index contributed by atoms with van der Waals surface area (Å²) in [5.41, 5.74) is 0.734. The number of amides is 2. The minimum absolute atomic E-state index is 0.0520. The number of aliphatic carboxylic acids is 1. The molecular weight excluding hydrogens is 359 g/mol. The van der Waals surface area contributed by atoms with E-state index in [1.165, 1.54) is 0 Å². The van der Waals surface area contributed by atoms with Crippen LogP contribution >= 0.6 is 22.6 Å². The highest BCUT2D eigenvalue weighted by atomic mass is 127. The van der Waals surface area contributed by atoms with E-state index < -0.39 is 5.97 Å². The maximum atomic E-state index is 11.8. The third-order valence-electron chi connectivity index (χ3n) is 3.20. The smallest absolute Gasteiger partial charge is 0.319 e. The Morgan fingerprint density at radius 3 is 2.74 bits per heavy atom. The van der Waals surface area contributed by atoms with E-state index in [-0.39, 0.29) is 18.0 Å². The van der Waals surface area contributed by atoms with Crippen LogP contribution in [0.2, 0.25) is 0 Å². The Hall–Kier alpha value is -1.31. The number of hydrogen-bond donors (Lipinski definition) is 3. The van der Waals surface area contributed by atoms with E-state index in [0.717, 1.165) is 15.7 Å². The van der Waals surface area contributed by atoms with E-state index >= 15 is 0 Å². The first-order chi connectivity index (χ1) is 9.04. The van der Waals surface area contributed by atoms with Crippen molar-refractivity contribution in [1.29, 1.82) is 0 Å². The molecule has 0 aromatic heterocycles. The second kappa shape index (κ2) is 6.23. The summed E-state index contributed by atoms with van der Waals surface area (Å²) in [6.45, 7) is 0. The third-order valence-corrected chi connectivity index (χ3v) is 3.87. The molecule has 19 heavy (non-hydrogen) atoms. The van der Waals surface area contributed by atoms with E-state index in [1.54, 1.807) is 0 Å². The molecule has 6 heteroatoms. The van der Waals surface area contributed by atoms with Crippen LogP contribution in [0.3, 0.4) is 0 Å². The van der Waals surface area contributed by atoms with Crippen molar-refractivity contribution in [3.05, 3.63) is 27.8 Å². The summed E-state index contributed by atoms with van der Waals surface area (Å²) in [5.74, 6) is -1.11. The van der Waals surface area contributed by atoms with E-state index in [2.05, 4.69) is 33.2 Å². The number of urea groups is 1. The monoisotopic (exact) mass is 374 g/mol. The van der Waals surface area contributed by atoms with Gasteiger partial charge in [0.05, 0.1) is 5.92 Å². The molecule has 1 aliphatic carbocycles. The van der Waals surface area contributed by atoms with Crippen molar-refractivity contribution in [2.75, 3.05) is 5.32 Å². The maximum Gasteiger partial charge on any atom is 0.319 e. The van der Waals surface area contributed by atoms with Gasteiger partial charge in [0, 0.05) is 15.3 Å². The van der Waals surface area contributed by atoms with Crippen molar-refractivity contribution in [3.63, 3.8) is 0 Å². The summed E-state index contributed by atoms with van der Waals surface area (Å²) in [6.07, 6.45) is 1.86. The number of benzene rings is 1. The second-order valence-electron chi connectivity index (χ2n) is 4.65. The van der Waals surface area contributed by atoms with E-state index in [1.807, 2.05) is 24.3 Å². The zero-order chi connectivity index (χ0) is 13.8. The van der Waals surface area contributed by atoms with Crippen molar-refractivity contribution >= 4 is 40.3 Å². The average Bonchev–Trinajstić information content (AvgIpc) is 2.77.